The number of sulfonamides is 1. The summed E-state index contributed by atoms with van der Waals surface area (Å²) in [6, 6.07) is 13.0. The van der Waals surface area contributed by atoms with Crippen LogP contribution in [-0.4, -0.2) is 52.8 Å². The maximum atomic E-state index is 12.7. The Morgan fingerprint density at radius 2 is 1.90 bits per heavy atom. The van der Waals surface area contributed by atoms with Crippen molar-refractivity contribution in [2.24, 2.45) is 0 Å². The van der Waals surface area contributed by atoms with E-state index in [0.29, 0.717) is 30.1 Å². The summed E-state index contributed by atoms with van der Waals surface area (Å²) in [7, 11) is -2.03. The van der Waals surface area contributed by atoms with E-state index in [4.69, 9.17) is 4.74 Å². The first-order chi connectivity index (χ1) is 14.3. The number of para-hydroxylation sites is 1. The van der Waals surface area contributed by atoms with Crippen LogP contribution in [0.15, 0.2) is 48.5 Å². The van der Waals surface area contributed by atoms with E-state index in [1.807, 2.05) is 0 Å². The van der Waals surface area contributed by atoms with Crippen molar-refractivity contribution in [1.82, 2.24) is 5.32 Å². The lowest BCUT2D eigenvalue weighted by Gasteiger charge is -2.17. The third-order valence-electron chi connectivity index (χ3n) is 4.90. The van der Waals surface area contributed by atoms with Crippen LogP contribution in [-0.2, 0) is 14.8 Å². The Balaban J connectivity index is 1.73. The van der Waals surface area contributed by atoms with E-state index in [1.54, 1.807) is 42.5 Å². The first kappa shape index (κ1) is 21.8. The number of rotatable bonds is 7. The van der Waals surface area contributed by atoms with Crippen LogP contribution in [0, 0.1) is 0 Å². The fraction of sp³-hybridized carbons (Fsp3) is 0.333. The van der Waals surface area contributed by atoms with Crippen molar-refractivity contribution < 1.29 is 22.7 Å². The molecule has 8 nitrogen and oxygen atoms in total. The summed E-state index contributed by atoms with van der Waals surface area (Å²) in [5.41, 5.74) is 1.35. The number of hydrogen-bond acceptors (Lipinski definition) is 5. The Hall–Kier alpha value is -2.91. The molecule has 0 spiro atoms. The number of carbonyl (C=O) groups is 2. The Kier molecular flexibility index (Phi) is 6.73. The predicted molar refractivity (Wildman–Crippen MR) is 115 cm³/mol. The van der Waals surface area contributed by atoms with E-state index in [1.165, 1.54) is 13.1 Å². The molecule has 1 atom stereocenters. The minimum absolute atomic E-state index is 0.0188. The molecule has 2 N–H and O–H groups in total. The molecular weight excluding hydrogens is 406 g/mol. The van der Waals surface area contributed by atoms with Gasteiger partial charge in [0, 0.05) is 25.8 Å². The summed E-state index contributed by atoms with van der Waals surface area (Å²) >= 11 is 0. The van der Waals surface area contributed by atoms with Gasteiger partial charge in [-0.15, -0.1) is 0 Å². The zero-order chi connectivity index (χ0) is 21.7. The highest BCUT2D eigenvalue weighted by Gasteiger charge is 2.19. The summed E-state index contributed by atoms with van der Waals surface area (Å²) in [5, 5.41) is 5.59. The minimum Gasteiger partial charge on any atom is -0.376 e. The first-order valence-electron chi connectivity index (χ1n) is 9.60. The lowest BCUT2D eigenvalue weighted by atomic mass is 10.1. The molecule has 160 valence electrons. The van der Waals surface area contributed by atoms with E-state index in [2.05, 4.69) is 10.6 Å². The van der Waals surface area contributed by atoms with E-state index in [9.17, 15) is 18.0 Å². The fourth-order valence-corrected chi connectivity index (χ4v) is 3.62. The third-order valence-corrected chi connectivity index (χ3v) is 6.11. The van der Waals surface area contributed by atoms with E-state index in [0.717, 1.165) is 23.4 Å². The van der Waals surface area contributed by atoms with Crippen LogP contribution >= 0.6 is 0 Å². The highest BCUT2D eigenvalue weighted by Crippen LogP contribution is 2.20. The van der Waals surface area contributed by atoms with Crippen LogP contribution in [0.5, 0.6) is 0 Å². The number of anilines is 2. The molecule has 0 radical (unpaired) electrons. The number of ether oxygens (including phenoxy) is 1. The molecule has 3 rings (SSSR count). The minimum atomic E-state index is -3.45. The number of hydrogen-bond donors (Lipinski definition) is 2. The zero-order valence-corrected chi connectivity index (χ0v) is 17.7. The van der Waals surface area contributed by atoms with Crippen molar-refractivity contribution >= 4 is 33.2 Å². The van der Waals surface area contributed by atoms with E-state index in [-0.39, 0.29) is 17.6 Å². The topological polar surface area (TPSA) is 105 Å². The number of nitrogens with one attached hydrogen (secondary N) is 2. The van der Waals surface area contributed by atoms with Crippen molar-refractivity contribution in [2.75, 3.05) is 36.1 Å². The van der Waals surface area contributed by atoms with Crippen LogP contribution in [0.25, 0.3) is 0 Å². The Morgan fingerprint density at radius 3 is 2.60 bits per heavy atom. The smallest absolute Gasteiger partial charge is 0.255 e. The van der Waals surface area contributed by atoms with Gasteiger partial charge in [0.25, 0.3) is 11.8 Å². The summed E-state index contributed by atoms with van der Waals surface area (Å²) in [4.78, 5) is 25.4. The molecule has 1 aliphatic rings. The summed E-state index contributed by atoms with van der Waals surface area (Å²) in [5.74, 6) is -0.745. The maximum absolute atomic E-state index is 12.7. The second kappa shape index (κ2) is 9.27. The van der Waals surface area contributed by atoms with Crippen molar-refractivity contribution in [3.63, 3.8) is 0 Å². The Labute approximate surface area is 176 Å². The monoisotopic (exact) mass is 431 g/mol. The molecule has 1 heterocycles. The van der Waals surface area contributed by atoms with Gasteiger partial charge in [0.1, 0.15) is 0 Å². The molecule has 2 amide bonds. The molecule has 0 bridgehead atoms. The van der Waals surface area contributed by atoms with E-state index < -0.39 is 15.9 Å². The molecule has 2 aromatic rings. The Morgan fingerprint density at radius 1 is 1.13 bits per heavy atom. The normalized spacial score (nSPS) is 16.1. The van der Waals surface area contributed by atoms with Crippen LogP contribution < -0.4 is 14.9 Å². The Bertz CT molecular complexity index is 1030. The van der Waals surface area contributed by atoms with Crippen LogP contribution in [0.2, 0.25) is 0 Å². The molecule has 30 heavy (non-hydrogen) atoms. The van der Waals surface area contributed by atoms with Gasteiger partial charge < -0.3 is 15.4 Å². The molecule has 0 saturated carbocycles. The molecule has 1 aliphatic heterocycles. The van der Waals surface area contributed by atoms with Gasteiger partial charge >= 0.3 is 0 Å². The van der Waals surface area contributed by atoms with Crippen molar-refractivity contribution in [1.29, 1.82) is 0 Å². The van der Waals surface area contributed by atoms with Crippen LogP contribution in [0.3, 0.4) is 0 Å². The third kappa shape index (κ3) is 5.37. The average Bonchev–Trinajstić information content (AvgIpc) is 3.25. The van der Waals surface area contributed by atoms with Crippen molar-refractivity contribution in [3.05, 3.63) is 59.7 Å². The van der Waals surface area contributed by atoms with Gasteiger partial charge in [-0.3, -0.25) is 13.9 Å². The molecule has 1 fully saturated rings. The number of nitrogens with zero attached hydrogens (tertiary/aromatic N) is 1. The second-order valence-electron chi connectivity index (χ2n) is 7.13. The quantitative estimate of drug-likeness (QED) is 0.700. The summed E-state index contributed by atoms with van der Waals surface area (Å²) < 4.78 is 30.1. The molecule has 0 aromatic heterocycles. The average molecular weight is 432 g/mol. The molecular formula is C21H25N3O5S. The summed E-state index contributed by atoms with van der Waals surface area (Å²) in [6.45, 7) is 1.13. The lowest BCUT2D eigenvalue weighted by molar-refractivity contribution is 0.0858. The lowest BCUT2D eigenvalue weighted by Crippen LogP contribution is -2.32. The zero-order valence-electron chi connectivity index (χ0n) is 16.9. The van der Waals surface area contributed by atoms with E-state index >= 15 is 0 Å². The summed E-state index contributed by atoms with van der Waals surface area (Å²) in [6.07, 6.45) is 3.01. The van der Waals surface area contributed by atoms with Gasteiger partial charge in [-0.1, -0.05) is 18.2 Å². The molecule has 0 unspecified atom stereocenters. The number of amides is 2. The van der Waals surface area contributed by atoms with Gasteiger partial charge in [0.2, 0.25) is 10.0 Å². The van der Waals surface area contributed by atoms with Gasteiger partial charge in [0.05, 0.1) is 29.3 Å². The fourth-order valence-electron chi connectivity index (χ4n) is 3.13. The number of benzene rings is 2. The van der Waals surface area contributed by atoms with Gasteiger partial charge in [-0.2, -0.15) is 0 Å². The molecule has 2 aromatic carbocycles. The highest BCUT2D eigenvalue weighted by molar-refractivity contribution is 7.92. The highest BCUT2D eigenvalue weighted by atomic mass is 32.2. The molecule has 0 aliphatic carbocycles. The van der Waals surface area contributed by atoms with Crippen molar-refractivity contribution in [3.8, 4) is 0 Å². The largest absolute Gasteiger partial charge is 0.376 e. The number of carbonyl (C=O) groups excluding carboxylic acids is 2. The van der Waals surface area contributed by atoms with Gasteiger partial charge in [0.15, 0.2) is 0 Å². The van der Waals surface area contributed by atoms with Crippen molar-refractivity contribution in [2.45, 2.75) is 18.9 Å². The second-order valence-corrected chi connectivity index (χ2v) is 9.14. The van der Waals surface area contributed by atoms with Crippen LogP contribution in [0.1, 0.15) is 33.6 Å². The maximum Gasteiger partial charge on any atom is 0.255 e. The predicted octanol–water partition coefficient (Wildman–Crippen LogP) is 2.24. The van der Waals surface area contributed by atoms with Crippen LogP contribution in [0.4, 0.5) is 11.4 Å². The van der Waals surface area contributed by atoms with Gasteiger partial charge in [-0.05, 0) is 43.2 Å². The molecule has 9 heteroatoms. The standard InChI is InChI=1S/C21H25N3O5S/c1-24(30(2,27)28)16-8-5-7-15(13-16)20(25)23-19-11-4-3-10-18(19)21(26)22-14-17-9-6-12-29-17/h3-5,7-8,10-11,13,17H,6,9,12,14H2,1-2H3,(H,22,26)(H,23,25)/t17-/m0/s1. The molecule has 1 saturated heterocycles. The van der Waals surface area contributed by atoms with Gasteiger partial charge in [-0.25, -0.2) is 8.42 Å². The SMILES string of the molecule is CN(c1cccc(C(=O)Nc2ccccc2C(=O)NC[C@@H]2CCCO2)c1)S(C)(=O)=O. The first-order valence-corrected chi connectivity index (χ1v) is 11.4.